The summed E-state index contributed by atoms with van der Waals surface area (Å²) in [6.45, 7) is 0.403. The van der Waals surface area contributed by atoms with E-state index in [2.05, 4.69) is 10.2 Å². The summed E-state index contributed by atoms with van der Waals surface area (Å²) in [4.78, 5) is 0. The van der Waals surface area contributed by atoms with Crippen LogP contribution in [0.5, 0.6) is 5.75 Å². The van der Waals surface area contributed by atoms with E-state index in [0.29, 0.717) is 17.5 Å². The highest BCUT2D eigenvalue weighted by Crippen LogP contribution is 2.19. The summed E-state index contributed by atoms with van der Waals surface area (Å²) in [6, 6.07) is 7.27. The van der Waals surface area contributed by atoms with Crippen LogP contribution in [-0.4, -0.2) is 16.1 Å². The molecule has 0 aliphatic carbocycles. The highest BCUT2D eigenvalue weighted by atomic mass is 35.5. The van der Waals surface area contributed by atoms with E-state index in [1.807, 2.05) is 12.1 Å². The Hall–Kier alpha value is -0.840. The topological polar surface area (TPSA) is 35.0 Å². The first-order valence-corrected chi connectivity index (χ1v) is 6.76. The van der Waals surface area contributed by atoms with Gasteiger partial charge in [-0.05, 0) is 18.2 Å². The van der Waals surface area contributed by atoms with E-state index in [9.17, 15) is 0 Å². The van der Waals surface area contributed by atoms with Gasteiger partial charge in [-0.2, -0.15) is 0 Å². The van der Waals surface area contributed by atoms with E-state index in [4.69, 9.17) is 27.9 Å². The van der Waals surface area contributed by atoms with Gasteiger partial charge in [-0.1, -0.05) is 29.0 Å². The van der Waals surface area contributed by atoms with Gasteiger partial charge in [-0.3, -0.25) is 0 Å². The van der Waals surface area contributed by atoms with Gasteiger partial charge in [0.2, 0.25) is 0 Å². The lowest BCUT2D eigenvalue weighted by molar-refractivity contribution is 0.304. The van der Waals surface area contributed by atoms with Crippen LogP contribution in [0.3, 0.4) is 0 Å². The number of nitrogens with zero attached hydrogens (tertiary/aromatic N) is 2. The fourth-order valence-electron chi connectivity index (χ4n) is 1.23. The van der Waals surface area contributed by atoms with Crippen molar-refractivity contribution in [2.24, 2.45) is 0 Å². The minimum absolute atomic E-state index is 0.403. The fourth-order valence-corrected chi connectivity index (χ4v) is 2.46. The van der Waals surface area contributed by atoms with Crippen LogP contribution >= 0.6 is 34.5 Å². The molecular weight excluding hydrogens is 279 g/mol. The molecule has 17 heavy (non-hydrogen) atoms. The molecule has 6 heteroatoms. The second-order valence-corrected chi connectivity index (χ2v) is 5.24. The molecular formula is C11H10Cl2N2OS. The van der Waals surface area contributed by atoms with Gasteiger partial charge in [0.15, 0.2) is 5.01 Å². The molecule has 0 aliphatic heterocycles. The minimum Gasteiger partial charge on any atom is -0.486 e. The number of rotatable bonds is 5. The predicted octanol–water partition coefficient (Wildman–Crippen LogP) is 3.55. The van der Waals surface area contributed by atoms with Crippen molar-refractivity contribution < 1.29 is 4.74 Å². The monoisotopic (exact) mass is 288 g/mol. The average molecular weight is 289 g/mol. The molecule has 0 bridgehead atoms. The van der Waals surface area contributed by atoms with E-state index in [0.717, 1.165) is 22.2 Å². The Morgan fingerprint density at radius 2 is 2.06 bits per heavy atom. The van der Waals surface area contributed by atoms with Crippen molar-refractivity contribution in [2.45, 2.75) is 13.0 Å². The van der Waals surface area contributed by atoms with Crippen molar-refractivity contribution in [2.75, 3.05) is 5.88 Å². The molecule has 2 rings (SSSR count). The molecule has 0 atom stereocenters. The van der Waals surface area contributed by atoms with E-state index >= 15 is 0 Å². The number of hydrogen-bond acceptors (Lipinski definition) is 4. The van der Waals surface area contributed by atoms with Crippen LogP contribution in [0.15, 0.2) is 24.3 Å². The van der Waals surface area contributed by atoms with Crippen LogP contribution in [0.25, 0.3) is 0 Å². The summed E-state index contributed by atoms with van der Waals surface area (Å²) in [6.07, 6.45) is 0.746. The molecule has 0 unspecified atom stereocenters. The molecule has 90 valence electrons. The van der Waals surface area contributed by atoms with Gasteiger partial charge >= 0.3 is 0 Å². The molecule has 0 radical (unpaired) electrons. The van der Waals surface area contributed by atoms with Gasteiger partial charge in [0.05, 0.1) is 0 Å². The molecule has 2 aromatic rings. The third kappa shape index (κ3) is 3.84. The third-order valence-corrected chi connectivity index (χ3v) is 3.36. The molecule has 1 aromatic carbocycles. The Morgan fingerprint density at radius 1 is 1.24 bits per heavy atom. The second kappa shape index (κ2) is 6.19. The highest BCUT2D eigenvalue weighted by Gasteiger charge is 2.04. The second-order valence-electron chi connectivity index (χ2n) is 3.27. The van der Waals surface area contributed by atoms with Gasteiger partial charge in [0.25, 0.3) is 0 Å². The number of hydrogen-bond donors (Lipinski definition) is 0. The predicted molar refractivity (Wildman–Crippen MR) is 70.1 cm³/mol. The Bertz CT molecular complexity index is 490. The zero-order valence-electron chi connectivity index (χ0n) is 8.90. The standard InChI is InChI=1S/C11H10Cl2N2OS/c12-5-4-10-14-15-11(17-10)7-16-9-3-1-2-8(13)6-9/h1-3,6H,4-5,7H2. The molecule has 1 aromatic heterocycles. The fraction of sp³-hybridized carbons (Fsp3) is 0.273. The lowest BCUT2D eigenvalue weighted by Gasteiger charge is -2.03. The Balaban J connectivity index is 1.93. The number of aryl methyl sites for hydroxylation is 1. The zero-order valence-corrected chi connectivity index (χ0v) is 11.2. The number of ether oxygens (including phenoxy) is 1. The summed E-state index contributed by atoms with van der Waals surface area (Å²) < 4.78 is 5.55. The molecule has 0 spiro atoms. The maximum atomic E-state index is 5.85. The van der Waals surface area contributed by atoms with Crippen LogP contribution < -0.4 is 4.74 Å². The van der Waals surface area contributed by atoms with Crippen LogP contribution in [0.4, 0.5) is 0 Å². The van der Waals surface area contributed by atoms with Crippen LogP contribution in [0.2, 0.25) is 5.02 Å². The summed E-state index contributed by atoms with van der Waals surface area (Å²) in [5.74, 6) is 1.29. The SMILES string of the molecule is ClCCc1nnc(COc2cccc(Cl)c2)s1. The lowest BCUT2D eigenvalue weighted by atomic mass is 10.3. The first-order chi connectivity index (χ1) is 8.28. The van der Waals surface area contributed by atoms with Crippen molar-refractivity contribution in [3.63, 3.8) is 0 Å². The van der Waals surface area contributed by atoms with Crippen LogP contribution in [0, 0.1) is 0 Å². The molecule has 0 saturated heterocycles. The molecule has 0 aliphatic rings. The first-order valence-electron chi connectivity index (χ1n) is 5.03. The van der Waals surface area contributed by atoms with Gasteiger partial charge in [-0.25, -0.2) is 0 Å². The zero-order chi connectivity index (χ0) is 12.1. The molecule has 3 nitrogen and oxygen atoms in total. The van der Waals surface area contributed by atoms with E-state index < -0.39 is 0 Å². The first kappa shape index (κ1) is 12.6. The Kier molecular flexibility index (Phi) is 4.59. The molecule has 0 saturated carbocycles. The van der Waals surface area contributed by atoms with Crippen LogP contribution in [0.1, 0.15) is 10.0 Å². The smallest absolute Gasteiger partial charge is 0.155 e. The molecule has 0 N–H and O–H groups in total. The van der Waals surface area contributed by atoms with Crippen LogP contribution in [-0.2, 0) is 13.0 Å². The minimum atomic E-state index is 0.403. The molecule has 0 fully saturated rings. The maximum absolute atomic E-state index is 5.85. The van der Waals surface area contributed by atoms with Crippen molar-refractivity contribution >= 4 is 34.5 Å². The Morgan fingerprint density at radius 3 is 2.82 bits per heavy atom. The quantitative estimate of drug-likeness (QED) is 0.789. The normalized spacial score (nSPS) is 10.5. The van der Waals surface area contributed by atoms with Gasteiger partial charge in [0, 0.05) is 17.3 Å². The van der Waals surface area contributed by atoms with Crippen molar-refractivity contribution in [3.05, 3.63) is 39.3 Å². The summed E-state index contributed by atoms with van der Waals surface area (Å²) >= 11 is 13.0. The molecule has 0 amide bonds. The van der Waals surface area contributed by atoms with E-state index in [1.54, 1.807) is 12.1 Å². The number of benzene rings is 1. The summed E-state index contributed by atoms with van der Waals surface area (Å²) in [5.41, 5.74) is 0. The van der Waals surface area contributed by atoms with Gasteiger partial charge in [0.1, 0.15) is 17.4 Å². The summed E-state index contributed by atoms with van der Waals surface area (Å²) in [7, 11) is 0. The number of halogens is 2. The van der Waals surface area contributed by atoms with Crippen molar-refractivity contribution in [1.29, 1.82) is 0 Å². The Labute approximate surface area is 113 Å². The highest BCUT2D eigenvalue weighted by molar-refractivity contribution is 7.11. The number of alkyl halides is 1. The third-order valence-electron chi connectivity index (χ3n) is 1.98. The average Bonchev–Trinajstić information content (AvgIpc) is 2.75. The largest absolute Gasteiger partial charge is 0.486 e. The van der Waals surface area contributed by atoms with Gasteiger partial charge in [-0.15, -0.1) is 21.8 Å². The van der Waals surface area contributed by atoms with E-state index in [1.165, 1.54) is 11.3 Å². The van der Waals surface area contributed by atoms with Crippen molar-refractivity contribution in [1.82, 2.24) is 10.2 Å². The lowest BCUT2D eigenvalue weighted by Crippen LogP contribution is -1.94. The maximum Gasteiger partial charge on any atom is 0.155 e. The molecule has 1 heterocycles. The van der Waals surface area contributed by atoms with E-state index in [-0.39, 0.29) is 0 Å². The summed E-state index contributed by atoms with van der Waals surface area (Å²) in [5, 5.41) is 10.5. The van der Waals surface area contributed by atoms with Gasteiger partial charge < -0.3 is 4.74 Å². The number of aromatic nitrogens is 2. The van der Waals surface area contributed by atoms with Crippen molar-refractivity contribution in [3.8, 4) is 5.75 Å².